The van der Waals surface area contributed by atoms with Crippen LogP contribution in [0.1, 0.15) is 26.5 Å². The molecule has 0 radical (unpaired) electrons. The number of nitrogens with zero attached hydrogens (tertiary/aromatic N) is 1. The normalized spacial score (nSPS) is 11.5. The first-order valence-electron chi connectivity index (χ1n) is 8.42. The van der Waals surface area contributed by atoms with Crippen LogP contribution in [0.4, 0.5) is 13.2 Å². The molecule has 0 unspecified atom stereocenters. The third-order valence-corrected chi connectivity index (χ3v) is 5.59. The minimum atomic E-state index is -4.48. The SMILES string of the molecule is Cc1nc(-c2ccc(Cl)cc2)sc1CCNC(=O)c1cccc(C(F)(F)F)c1. The summed E-state index contributed by atoms with van der Waals surface area (Å²) in [6.07, 6.45) is -3.93. The highest BCUT2D eigenvalue weighted by molar-refractivity contribution is 7.15. The third kappa shape index (κ3) is 4.91. The minimum Gasteiger partial charge on any atom is -0.352 e. The molecule has 3 nitrogen and oxygen atoms in total. The lowest BCUT2D eigenvalue weighted by Crippen LogP contribution is -2.26. The van der Waals surface area contributed by atoms with Gasteiger partial charge >= 0.3 is 6.18 Å². The number of rotatable bonds is 5. The second-order valence-electron chi connectivity index (χ2n) is 6.12. The van der Waals surface area contributed by atoms with Gasteiger partial charge in [0.25, 0.3) is 5.91 Å². The second kappa shape index (κ2) is 8.32. The second-order valence-corrected chi connectivity index (χ2v) is 7.64. The minimum absolute atomic E-state index is 0.0160. The summed E-state index contributed by atoms with van der Waals surface area (Å²) >= 11 is 7.42. The van der Waals surface area contributed by atoms with Gasteiger partial charge in [-0.25, -0.2) is 4.98 Å². The fourth-order valence-corrected chi connectivity index (χ4v) is 3.80. The zero-order chi connectivity index (χ0) is 20.3. The number of amides is 1. The van der Waals surface area contributed by atoms with Gasteiger partial charge in [-0.05, 0) is 37.3 Å². The van der Waals surface area contributed by atoms with Gasteiger partial charge in [0.15, 0.2) is 0 Å². The average molecular weight is 425 g/mol. The van der Waals surface area contributed by atoms with Crippen LogP contribution in [0.25, 0.3) is 10.6 Å². The first-order chi connectivity index (χ1) is 13.2. The molecule has 1 amide bonds. The Morgan fingerprint density at radius 3 is 2.57 bits per heavy atom. The topological polar surface area (TPSA) is 42.0 Å². The van der Waals surface area contributed by atoms with Crippen molar-refractivity contribution in [3.05, 3.63) is 75.3 Å². The molecule has 2 aromatic carbocycles. The molecule has 0 saturated heterocycles. The van der Waals surface area contributed by atoms with Gasteiger partial charge in [-0.1, -0.05) is 29.8 Å². The van der Waals surface area contributed by atoms with Crippen molar-refractivity contribution in [2.75, 3.05) is 6.54 Å². The molecular formula is C20H16ClF3N2OS. The number of nitrogens with one attached hydrogen (secondary N) is 1. The number of thiazole rings is 1. The molecule has 0 fully saturated rings. The molecule has 0 atom stereocenters. The van der Waals surface area contributed by atoms with E-state index in [1.54, 1.807) is 12.1 Å². The zero-order valence-corrected chi connectivity index (χ0v) is 16.4. The molecule has 8 heteroatoms. The number of halogens is 4. The van der Waals surface area contributed by atoms with Crippen molar-refractivity contribution in [3.8, 4) is 10.6 Å². The van der Waals surface area contributed by atoms with Gasteiger partial charge in [-0.15, -0.1) is 11.3 Å². The molecule has 146 valence electrons. The highest BCUT2D eigenvalue weighted by atomic mass is 35.5. The van der Waals surface area contributed by atoms with Gasteiger partial charge in [-0.2, -0.15) is 13.2 Å². The van der Waals surface area contributed by atoms with Crippen molar-refractivity contribution < 1.29 is 18.0 Å². The number of hydrogen-bond acceptors (Lipinski definition) is 3. The van der Waals surface area contributed by atoms with E-state index in [9.17, 15) is 18.0 Å². The predicted molar refractivity (Wildman–Crippen MR) is 105 cm³/mol. The largest absolute Gasteiger partial charge is 0.416 e. The summed E-state index contributed by atoms with van der Waals surface area (Å²) in [6.45, 7) is 2.19. The van der Waals surface area contributed by atoms with E-state index in [-0.39, 0.29) is 5.56 Å². The van der Waals surface area contributed by atoms with Crippen molar-refractivity contribution in [2.24, 2.45) is 0 Å². The summed E-state index contributed by atoms with van der Waals surface area (Å²) in [5, 5.41) is 4.17. The van der Waals surface area contributed by atoms with E-state index in [2.05, 4.69) is 10.3 Å². The lowest BCUT2D eigenvalue weighted by Gasteiger charge is -2.09. The van der Waals surface area contributed by atoms with Crippen LogP contribution in [0.15, 0.2) is 48.5 Å². The monoisotopic (exact) mass is 424 g/mol. The zero-order valence-electron chi connectivity index (χ0n) is 14.8. The van der Waals surface area contributed by atoms with E-state index in [4.69, 9.17) is 11.6 Å². The van der Waals surface area contributed by atoms with Crippen LogP contribution in [-0.2, 0) is 12.6 Å². The molecule has 0 aliphatic rings. The van der Waals surface area contributed by atoms with E-state index in [1.165, 1.54) is 23.5 Å². The van der Waals surface area contributed by atoms with Crippen LogP contribution in [0.2, 0.25) is 5.02 Å². The maximum absolute atomic E-state index is 12.8. The molecule has 0 spiro atoms. The molecule has 3 rings (SSSR count). The van der Waals surface area contributed by atoms with Crippen LogP contribution >= 0.6 is 22.9 Å². The fourth-order valence-electron chi connectivity index (χ4n) is 2.60. The highest BCUT2D eigenvalue weighted by Crippen LogP contribution is 2.30. The van der Waals surface area contributed by atoms with Gasteiger partial charge in [0.2, 0.25) is 0 Å². The maximum Gasteiger partial charge on any atom is 0.416 e. The Hall–Kier alpha value is -2.38. The van der Waals surface area contributed by atoms with Gasteiger partial charge < -0.3 is 5.32 Å². The Labute approximate surface area is 169 Å². The quantitative estimate of drug-likeness (QED) is 0.565. The predicted octanol–water partition coefficient (Wildman–Crippen LogP) is 5.76. The summed E-state index contributed by atoms with van der Waals surface area (Å²) in [7, 11) is 0. The number of aryl methyl sites for hydroxylation is 1. The molecule has 1 heterocycles. The highest BCUT2D eigenvalue weighted by Gasteiger charge is 2.30. The van der Waals surface area contributed by atoms with Crippen molar-refractivity contribution in [2.45, 2.75) is 19.5 Å². The summed E-state index contributed by atoms with van der Waals surface area (Å²) in [6, 6.07) is 11.7. The summed E-state index contributed by atoms with van der Waals surface area (Å²) < 4.78 is 38.3. The van der Waals surface area contributed by atoms with E-state index < -0.39 is 17.6 Å². The van der Waals surface area contributed by atoms with Crippen LogP contribution in [0.3, 0.4) is 0 Å². The lowest BCUT2D eigenvalue weighted by molar-refractivity contribution is -0.137. The molecule has 0 saturated carbocycles. The molecule has 0 aliphatic carbocycles. The number of carbonyl (C=O) groups excluding carboxylic acids is 1. The molecule has 28 heavy (non-hydrogen) atoms. The lowest BCUT2D eigenvalue weighted by atomic mass is 10.1. The van der Waals surface area contributed by atoms with Crippen molar-refractivity contribution in [1.82, 2.24) is 10.3 Å². The van der Waals surface area contributed by atoms with Crippen LogP contribution in [0, 0.1) is 6.92 Å². The third-order valence-electron chi connectivity index (χ3n) is 4.07. The van der Waals surface area contributed by atoms with E-state index >= 15 is 0 Å². The molecule has 0 aliphatic heterocycles. The average Bonchev–Trinajstić information content (AvgIpc) is 3.02. The Balaban J connectivity index is 1.62. The smallest absolute Gasteiger partial charge is 0.352 e. The molecular weight excluding hydrogens is 409 g/mol. The van der Waals surface area contributed by atoms with Crippen molar-refractivity contribution in [3.63, 3.8) is 0 Å². The fraction of sp³-hybridized carbons (Fsp3) is 0.200. The van der Waals surface area contributed by atoms with Gasteiger partial charge in [0, 0.05) is 34.0 Å². The summed E-state index contributed by atoms with van der Waals surface area (Å²) in [5.41, 5.74) is 0.962. The number of hydrogen-bond donors (Lipinski definition) is 1. The Morgan fingerprint density at radius 2 is 1.89 bits per heavy atom. The summed E-state index contributed by atoms with van der Waals surface area (Å²) in [4.78, 5) is 17.7. The van der Waals surface area contributed by atoms with E-state index in [1.807, 2.05) is 19.1 Å². The Bertz CT molecular complexity index is 984. The number of carbonyl (C=O) groups is 1. The van der Waals surface area contributed by atoms with Gasteiger partial charge in [-0.3, -0.25) is 4.79 Å². The molecule has 0 bridgehead atoms. The van der Waals surface area contributed by atoms with Gasteiger partial charge in [0.1, 0.15) is 5.01 Å². The summed E-state index contributed by atoms with van der Waals surface area (Å²) in [5.74, 6) is -0.536. The van der Waals surface area contributed by atoms with E-state index in [0.29, 0.717) is 18.0 Å². The Morgan fingerprint density at radius 1 is 1.18 bits per heavy atom. The first-order valence-corrected chi connectivity index (χ1v) is 9.61. The van der Waals surface area contributed by atoms with Crippen molar-refractivity contribution >= 4 is 28.8 Å². The van der Waals surface area contributed by atoms with Crippen LogP contribution < -0.4 is 5.32 Å². The van der Waals surface area contributed by atoms with Crippen LogP contribution in [0.5, 0.6) is 0 Å². The maximum atomic E-state index is 12.8. The Kier molecular flexibility index (Phi) is 6.05. The number of aromatic nitrogens is 1. The number of benzene rings is 2. The van der Waals surface area contributed by atoms with E-state index in [0.717, 1.165) is 33.3 Å². The standard InChI is InChI=1S/C20H16ClF3N2OS/c1-12-17(28-19(26-12)13-5-7-16(21)8-6-13)9-10-25-18(27)14-3-2-4-15(11-14)20(22,23)24/h2-8,11H,9-10H2,1H3,(H,25,27). The molecule has 1 aromatic heterocycles. The molecule has 3 aromatic rings. The van der Waals surface area contributed by atoms with Crippen LogP contribution in [-0.4, -0.2) is 17.4 Å². The van der Waals surface area contributed by atoms with Gasteiger partial charge in [0.05, 0.1) is 11.3 Å². The first kappa shape index (κ1) is 20.4. The molecule has 1 N–H and O–H groups in total. The van der Waals surface area contributed by atoms with Crippen molar-refractivity contribution in [1.29, 1.82) is 0 Å². The number of alkyl halides is 3.